The lowest BCUT2D eigenvalue weighted by atomic mass is 10.00. The van der Waals surface area contributed by atoms with Gasteiger partial charge in [-0.3, -0.25) is 9.69 Å². The van der Waals surface area contributed by atoms with Crippen LogP contribution in [-0.4, -0.2) is 64.7 Å². The van der Waals surface area contributed by atoms with Crippen molar-refractivity contribution in [3.8, 4) is 11.1 Å². The van der Waals surface area contributed by atoms with Crippen molar-refractivity contribution in [1.82, 2.24) is 20.0 Å². The van der Waals surface area contributed by atoms with Crippen LogP contribution in [0, 0.1) is 12.7 Å². The summed E-state index contributed by atoms with van der Waals surface area (Å²) in [7, 11) is 0. The Morgan fingerprint density at radius 1 is 1.09 bits per heavy atom. The Balaban J connectivity index is 1.30. The molecule has 5 rings (SSSR count). The molecule has 0 saturated carbocycles. The van der Waals surface area contributed by atoms with Gasteiger partial charge in [0, 0.05) is 37.3 Å². The molecule has 34 heavy (non-hydrogen) atoms. The molecule has 0 aliphatic carbocycles. The standard InChI is InChI=1S/C25H23Cl2FN4O2/c1-15-10-29-30-11-20(15)18-3-2-4-19(24(18)27)25(33)32-8-7-31-13-23(34-14-17(31)12-32)16-5-6-22(28)21(26)9-16/h2-6,9-11,17,23H,7-8,12-14H2,1H3/t17-,23-/m0/s1. The maximum Gasteiger partial charge on any atom is 0.255 e. The summed E-state index contributed by atoms with van der Waals surface area (Å²) in [6, 6.07) is 10.3. The number of hydrogen-bond donors (Lipinski definition) is 0. The van der Waals surface area contributed by atoms with E-state index in [1.807, 2.05) is 24.0 Å². The molecule has 0 bridgehead atoms. The molecule has 2 aliphatic heterocycles. The summed E-state index contributed by atoms with van der Waals surface area (Å²) < 4.78 is 19.6. The number of carbonyl (C=O) groups is 1. The summed E-state index contributed by atoms with van der Waals surface area (Å²) in [5.74, 6) is -0.539. The number of aromatic nitrogens is 2. The van der Waals surface area contributed by atoms with E-state index in [2.05, 4.69) is 15.1 Å². The molecule has 9 heteroatoms. The van der Waals surface area contributed by atoms with Gasteiger partial charge >= 0.3 is 0 Å². The van der Waals surface area contributed by atoms with Gasteiger partial charge in [0.25, 0.3) is 5.91 Å². The number of fused-ring (bicyclic) bond motifs is 1. The summed E-state index contributed by atoms with van der Waals surface area (Å²) in [4.78, 5) is 17.6. The third-order valence-electron chi connectivity index (χ3n) is 6.55. The molecule has 0 unspecified atom stereocenters. The third-order valence-corrected chi connectivity index (χ3v) is 7.24. The van der Waals surface area contributed by atoms with E-state index in [9.17, 15) is 9.18 Å². The van der Waals surface area contributed by atoms with Crippen molar-refractivity contribution in [3.63, 3.8) is 0 Å². The largest absolute Gasteiger partial charge is 0.370 e. The molecule has 3 heterocycles. The number of nitrogens with zero attached hydrogens (tertiary/aromatic N) is 4. The van der Waals surface area contributed by atoms with Gasteiger partial charge in [-0.15, -0.1) is 0 Å². The van der Waals surface area contributed by atoms with Crippen LogP contribution in [-0.2, 0) is 4.74 Å². The number of amides is 1. The molecular weight excluding hydrogens is 478 g/mol. The van der Waals surface area contributed by atoms with Gasteiger partial charge in [0.2, 0.25) is 0 Å². The molecule has 176 valence electrons. The van der Waals surface area contributed by atoms with Crippen LogP contribution >= 0.6 is 23.2 Å². The van der Waals surface area contributed by atoms with Crippen molar-refractivity contribution in [3.05, 3.63) is 81.3 Å². The molecular formula is C25H23Cl2FN4O2. The predicted octanol–water partition coefficient (Wildman–Crippen LogP) is 4.80. The summed E-state index contributed by atoms with van der Waals surface area (Å²) in [5.41, 5.74) is 3.88. The molecule has 2 aliphatic rings. The van der Waals surface area contributed by atoms with Crippen molar-refractivity contribution < 1.29 is 13.9 Å². The van der Waals surface area contributed by atoms with Crippen LogP contribution in [0.25, 0.3) is 11.1 Å². The van der Waals surface area contributed by atoms with Gasteiger partial charge in [0.1, 0.15) is 5.82 Å². The average molecular weight is 501 g/mol. The summed E-state index contributed by atoms with van der Waals surface area (Å²) >= 11 is 12.7. The van der Waals surface area contributed by atoms with E-state index >= 15 is 0 Å². The van der Waals surface area contributed by atoms with Gasteiger partial charge in [0.05, 0.1) is 46.8 Å². The van der Waals surface area contributed by atoms with Gasteiger partial charge < -0.3 is 9.64 Å². The van der Waals surface area contributed by atoms with Crippen LogP contribution in [0.1, 0.15) is 27.6 Å². The van der Waals surface area contributed by atoms with Gasteiger partial charge in [0.15, 0.2) is 0 Å². The first-order valence-corrected chi connectivity index (χ1v) is 11.8. The number of ether oxygens (including phenoxy) is 1. The number of rotatable bonds is 3. The van der Waals surface area contributed by atoms with E-state index in [0.717, 1.165) is 28.8 Å². The lowest BCUT2D eigenvalue weighted by molar-refractivity contribution is -0.0858. The Bertz CT molecular complexity index is 1240. The highest BCUT2D eigenvalue weighted by Gasteiger charge is 2.36. The molecule has 0 N–H and O–H groups in total. The topological polar surface area (TPSA) is 58.6 Å². The van der Waals surface area contributed by atoms with Crippen LogP contribution < -0.4 is 0 Å². The van der Waals surface area contributed by atoms with E-state index in [0.29, 0.717) is 36.8 Å². The van der Waals surface area contributed by atoms with Crippen molar-refractivity contribution >= 4 is 29.1 Å². The highest BCUT2D eigenvalue weighted by molar-refractivity contribution is 6.36. The summed E-state index contributed by atoms with van der Waals surface area (Å²) in [5, 5.41) is 8.36. The molecule has 6 nitrogen and oxygen atoms in total. The Kier molecular flexibility index (Phi) is 6.53. The SMILES string of the molecule is Cc1cnncc1-c1cccc(C(=O)N2CCN3C[C@@H](c4ccc(F)c(Cl)c4)OC[C@@H]3C2)c1Cl. The first kappa shape index (κ1) is 23.2. The van der Waals surface area contributed by atoms with E-state index in [1.165, 1.54) is 6.07 Å². The zero-order chi connectivity index (χ0) is 23.8. The average Bonchev–Trinajstić information content (AvgIpc) is 2.85. The van der Waals surface area contributed by atoms with Crippen LogP contribution in [0.3, 0.4) is 0 Å². The van der Waals surface area contributed by atoms with Crippen molar-refractivity contribution in [2.24, 2.45) is 0 Å². The maximum atomic E-state index is 13.5. The summed E-state index contributed by atoms with van der Waals surface area (Å²) in [6.45, 7) is 4.92. The number of carbonyl (C=O) groups excluding carboxylic acids is 1. The Labute approximate surface area is 207 Å². The van der Waals surface area contributed by atoms with E-state index in [-0.39, 0.29) is 23.1 Å². The van der Waals surface area contributed by atoms with Crippen molar-refractivity contribution in [2.45, 2.75) is 19.1 Å². The van der Waals surface area contributed by atoms with E-state index in [4.69, 9.17) is 27.9 Å². The molecule has 3 aromatic rings. The van der Waals surface area contributed by atoms with Gasteiger partial charge in [-0.1, -0.05) is 41.4 Å². The molecule has 2 aromatic carbocycles. The smallest absolute Gasteiger partial charge is 0.255 e. The Hall–Kier alpha value is -2.58. The number of benzene rings is 2. The number of morpholine rings is 1. The van der Waals surface area contributed by atoms with Crippen molar-refractivity contribution in [2.75, 3.05) is 32.8 Å². The molecule has 1 aromatic heterocycles. The molecule has 2 saturated heterocycles. The Morgan fingerprint density at radius 2 is 1.91 bits per heavy atom. The molecule has 2 atom stereocenters. The summed E-state index contributed by atoms with van der Waals surface area (Å²) in [6.07, 6.45) is 3.16. The van der Waals surface area contributed by atoms with Crippen LogP contribution in [0.15, 0.2) is 48.8 Å². The molecule has 0 radical (unpaired) electrons. The zero-order valence-corrected chi connectivity index (χ0v) is 20.1. The second-order valence-corrected chi connectivity index (χ2v) is 9.43. The second kappa shape index (κ2) is 9.58. The number of halogens is 3. The molecule has 1 amide bonds. The minimum atomic E-state index is -0.440. The van der Waals surface area contributed by atoms with Crippen LogP contribution in [0.5, 0.6) is 0 Å². The van der Waals surface area contributed by atoms with Crippen molar-refractivity contribution in [1.29, 1.82) is 0 Å². The van der Waals surface area contributed by atoms with Crippen LogP contribution in [0.2, 0.25) is 10.0 Å². The maximum absolute atomic E-state index is 13.5. The zero-order valence-electron chi connectivity index (χ0n) is 18.5. The van der Waals surface area contributed by atoms with Crippen LogP contribution in [0.4, 0.5) is 4.39 Å². The fraction of sp³-hybridized carbons (Fsp3) is 0.320. The first-order chi connectivity index (χ1) is 16.4. The lowest BCUT2D eigenvalue weighted by Gasteiger charge is -2.46. The third kappa shape index (κ3) is 4.41. The number of aryl methyl sites for hydroxylation is 1. The predicted molar refractivity (Wildman–Crippen MR) is 129 cm³/mol. The quantitative estimate of drug-likeness (QED) is 0.517. The number of hydrogen-bond acceptors (Lipinski definition) is 5. The number of piperazine rings is 1. The monoisotopic (exact) mass is 500 g/mol. The fourth-order valence-corrected chi connectivity index (χ4v) is 5.12. The highest BCUT2D eigenvalue weighted by atomic mass is 35.5. The second-order valence-electron chi connectivity index (χ2n) is 8.65. The molecule has 2 fully saturated rings. The van der Waals surface area contributed by atoms with E-state index < -0.39 is 5.82 Å². The van der Waals surface area contributed by atoms with Gasteiger partial charge in [-0.05, 0) is 36.2 Å². The van der Waals surface area contributed by atoms with E-state index in [1.54, 1.807) is 30.6 Å². The van der Waals surface area contributed by atoms with Gasteiger partial charge in [-0.25, -0.2) is 4.39 Å². The Morgan fingerprint density at radius 3 is 2.71 bits per heavy atom. The fourth-order valence-electron chi connectivity index (χ4n) is 4.62. The normalized spacial score (nSPS) is 20.8. The minimum absolute atomic E-state index is 0.0819. The highest BCUT2D eigenvalue weighted by Crippen LogP contribution is 2.34. The molecule has 0 spiro atoms. The first-order valence-electron chi connectivity index (χ1n) is 11.1. The lowest BCUT2D eigenvalue weighted by Crippen LogP contribution is -2.59. The minimum Gasteiger partial charge on any atom is -0.370 e. The van der Waals surface area contributed by atoms with Gasteiger partial charge in [-0.2, -0.15) is 10.2 Å².